The summed E-state index contributed by atoms with van der Waals surface area (Å²) in [7, 11) is 0. The minimum Gasteiger partial charge on any atom is -0.326 e. The first-order valence-electron chi connectivity index (χ1n) is 5.31. The van der Waals surface area contributed by atoms with E-state index < -0.39 is 0 Å². The number of nitrogens with two attached hydrogens (primary N) is 1. The van der Waals surface area contributed by atoms with E-state index in [1.165, 1.54) is 0 Å². The Labute approximate surface area is 97.2 Å². The number of benzene rings is 1. The maximum Gasteiger partial charge on any atom is 0.228 e. The molecule has 1 aromatic carbocycles. The fourth-order valence-corrected chi connectivity index (χ4v) is 1.88. The van der Waals surface area contributed by atoms with Crippen molar-refractivity contribution in [1.82, 2.24) is 15.2 Å². The molecule has 6 heteroatoms. The monoisotopic (exact) mass is 229 g/mol. The fraction of sp³-hybridized carbons (Fsp3) is 0.182. The zero-order chi connectivity index (χ0) is 11.8. The molecular weight excluding hydrogens is 218 g/mol. The zero-order valence-corrected chi connectivity index (χ0v) is 9.03. The number of fused-ring (bicyclic) bond motifs is 1. The van der Waals surface area contributed by atoms with Crippen molar-refractivity contribution >= 4 is 11.6 Å². The zero-order valence-electron chi connectivity index (χ0n) is 9.03. The van der Waals surface area contributed by atoms with Gasteiger partial charge in [-0.2, -0.15) is 5.10 Å². The molecule has 0 radical (unpaired) electrons. The minimum atomic E-state index is 0.0229. The van der Waals surface area contributed by atoms with Gasteiger partial charge in [0.15, 0.2) is 5.82 Å². The molecule has 4 N–H and O–H groups in total. The highest BCUT2D eigenvalue weighted by molar-refractivity contribution is 5.99. The van der Waals surface area contributed by atoms with Crippen molar-refractivity contribution < 1.29 is 4.79 Å². The first-order chi connectivity index (χ1) is 8.26. The number of amides is 1. The van der Waals surface area contributed by atoms with E-state index in [9.17, 15) is 4.79 Å². The van der Waals surface area contributed by atoms with Crippen molar-refractivity contribution in [2.45, 2.75) is 13.0 Å². The molecule has 0 fully saturated rings. The second-order valence-corrected chi connectivity index (χ2v) is 3.91. The number of carbonyl (C=O) groups excluding carboxylic acids is 1. The summed E-state index contributed by atoms with van der Waals surface area (Å²) in [6, 6.07) is 5.68. The van der Waals surface area contributed by atoms with Gasteiger partial charge in [0, 0.05) is 11.3 Å². The molecule has 0 saturated carbocycles. The van der Waals surface area contributed by atoms with Crippen LogP contribution in [0.15, 0.2) is 18.2 Å². The number of anilines is 1. The summed E-state index contributed by atoms with van der Waals surface area (Å²) >= 11 is 0. The summed E-state index contributed by atoms with van der Waals surface area (Å²) in [5, 5.41) is 9.63. The Balaban J connectivity index is 1.99. The first kappa shape index (κ1) is 9.98. The van der Waals surface area contributed by atoms with Crippen LogP contribution >= 0.6 is 0 Å². The van der Waals surface area contributed by atoms with Crippen LogP contribution in [0.3, 0.4) is 0 Å². The van der Waals surface area contributed by atoms with E-state index >= 15 is 0 Å². The molecule has 0 spiro atoms. The average molecular weight is 229 g/mol. The van der Waals surface area contributed by atoms with Gasteiger partial charge < -0.3 is 11.1 Å². The number of carbonyl (C=O) groups is 1. The molecule has 1 aliphatic rings. The molecule has 6 nitrogen and oxygen atoms in total. The molecule has 2 heterocycles. The van der Waals surface area contributed by atoms with Crippen LogP contribution in [0.25, 0.3) is 11.4 Å². The number of nitrogens with one attached hydrogen (secondary N) is 2. The number of nitrogens with zero attached hydrogens (tertiary/aromatic N) is 2. The van der Waals surface area contributed by atoms with Crippen molar-refractivity contribution in [3.05, 3.63) is 29.6 Å². The topological polar surface area (TPSA) is 96.7 Å². The molecule has 0 atom stereocenters. The Morgan fingerprint density at radius 1 is 1.41 bits per heavy atom. The predicted molar refractivity (Wildman–Crippen MR) is 62.0 cm³/mol. The minimum absolute atomic E-state index is 0.0229. The van der Waals surface area contributed by atoms with Gasteiger partial charge in [0.1, 0.15) is 5.82 Å². The second kappa shape index (κ2) is 3.67. The van der Waals surface area contributed by atoms with Gasteiger partial charge in [-0.1, -0.05) is 0 Å². The van der Waals surface area contributed by atoms with Gasteiger partial charge >= 0.3 is 0 Å². The molecule has 0 unspecified atom stereocenters. The molecule has 1 amide bonds. The van der Waals surface area contributed by atoms with Crippen LogP contribution in [0.1, 0.15) is 11.4 Å². The molecular formula is C11H11N5O. The van der Waals surface area contributed by atoms with Crippen molar-refractivity contribution in [2.75, 3.05) is 5.32 Å². The predicted octanol–water partition coefficient (Wildman–Crippen LogP) is 0.425. The summed E-state index contributed by atoms with van der Waals surface area (Å²) < 4.78 is 0. The van der Waals surface area contributed by atoms with E-state index in [0.717, 1.165) is 16.8 Å². The van der Waals surface area contributed by atoms with E-state index in [4.69, 9.17) is 5.73 Å². The van der Waals surface area contributed by atoms with Gasteiger partial charge in [-0.05, 0) is 23.8 Å². The standard InChI is InChI=1S/C11H11N5O/c12-5-9-14-11(16-15-9)6-1-2-8-7(3-6)4-10(17)13-8/h1-3H,4-5,12H2,(H,13,17)(H,14,15,16). The van der Waals surface area contributed by atoms with Gasteiger partial charge in [-0.25, -0.2) is 4.98 Å². The van der Waals surface area contributed by atoms with E-state index in [0.29, 0.717) is 24.6 Å². The van der Waals surface area contributed by atoms with Gasteiger partial charge in [-0.15, -0.1) is 0 Å². The summed E-state index contributed by atoms with van der Waals surface area (Å²) in [5.41, 5.74) is 8.19. The van der Waals surface area contributed by atoms with Gasteiger partial charge in [0.2, 0.25) is 5.91 Å². The molecule has 86 valence electrons. The lowest BCUT2D eigenvalue weighted by Gasteiger charge is -2.00. The first-order valence-corrected chi connectivity index (χ1v) is 5.31. The second-order valence-electron chi connectivity index (χ2n) is 3.91. The molecule has 0 aliphatic carbocycles. The number of hydrogen-bond donors (Lipinski definition) is 3. The lowest BCUT2D eigenvalue weighted by atomic mass is 10.1. The van der Waals surface area contributed by atoms with Crippen molar-refractivity contribution in [3.8, 4) is 11.4 Å². The molecule has 17 heavy (non-hydrogen) atoms. The van der Waals surface area contributed by atoms with Crippen LogP contribution in [-0.4, -0.2) is 21.1 Å². The van der Waals surface area contributed by atoms with Crippen LogP contribution < -0.4 is 11.1 Å². The third kappa shape index (κ3) is 1.68. The molecule has 1 aromatic heterocycles. The summed E-state index contributed by atoms with van der Waals surface area (Å²) in [6.07, 6.45) is 0.414. The lowest BCUT2D eigenvalue weighted by molar-refractivity contribution is -0.115. The van der Waals surface area contributed by atoms with Gasteiger partial charge in [0.25, 0.3) is 0 Å². The summed E-state index contributed by atoms with van der Waals surface area (Å²) in [5.74, 6) is 1.28. The fourth-order valence-electron chi connectivity index (χ4n) is 1.88. The average Bonchev–Trinajstić information content (AvgIpc) is 2.92. The quantitative estimate of drug-likeness (QED) is 0.695. The molecule has 1 aliphatic heterocycles. The number of aromatic nitrogens is 3. The van der Waals surface area contributed by atoms with Crippen molar-refractivity contribution in [2.24, 2.45) is 5.73 Å². The maximum atomic E-state index is 11.2. The summed E-state index contributed by atoms with van der Waals surface area (Å²) in [6.45, 7) is 0.331. The number of hydrogen-bond acceptors (Lipinski definition) is 4. The molecule has 0 saturated heterocycles. The van der Waals surface area contributed by atoms with Crippen LogP contribution in [-0.2, 0) is 17.8 Å². The molecule has 3 rings (SSSR count). The Bertz CT molecular complexity index is 589. The van der Waals surface area contributed by atoms with E-state index in [1.807, 2.05) is 18.2 Å². The summed E-state index contributed by atoms with van der Waals surface area (Å²) in [4.78, 5) is 15.5. The highest BCUT2D eigenvalue weighted by atomic mass is 16.1. The normalized spacial score (nSPS) is 13.6. The number of rotatable bonds is 2. The molecule has 0 bridgehead atoms. The Morgan fingerprint density at radius 2 is 2.29 bits per heavy atom. The highest BCUT2D eigenvalue weighted by Gasteiger charge is 2.18. The Hall–Kier alpha value is -2.21. The smallest absolute Gasteiger partial charge is 0.228 e. The maximum absolute atomic E-state index is 11.2. The largest absolute Gasteiger partial charge is 0.326 e. The lowest BCUT2D eigenvalue weighted by Crippen LogP contribution is -2.03. The van der Waals surface area contributed by atoms with Crippen LogP contribution in [0.2, 0.25) is 0 Å². The van der Waals surface area contributed by atoms with Crippen molar-refractivity contribution in [1.29, 1.82) is 0 Å². The number of H-pyrrole nitrogens is 1. The van der Waals surface area contributed by atoms with Gasteiger partial charge in [0.05, 0.1) is 13.0 Å². The third-order valence-corrected chi connectivity index (χ3v) is 2.71. The van der Waals surface area contributed by atoms with E-state index in [2.05, 4.69) is 20.5 Å². The SMILES string of the molecule is NCc1nc(-c2ccc3c(c2)CC(=O)N3)n[nH]1. The Morgan fingerprint density at radius 3 is 3.06 bits per heavy atom. The third-order valence-electron chi connectivity index (χ3n) is 2.71. The number of aromatic amines is 1. The van der Waals surface area contributed by atoms with E-state index in [-0.39, 0.29) is 5.91 Å². The Kier molecular flexibility index (Phi) is 2.15. The van der Waals surface area contributed by atoms with Crippen LogP contribution in [0.4, 0.5) is 5.69 Å². The van der Waals surface area contributed by atoms with Gasteiger partial charge in [-0.3, -0.25) is 9.89 Å². The van der Waals surface area contributed by atoms with E-state index in [1.54, 1.807) is 0 Å². The van der Waals surface area contributed by atoms with Crippen LogP contribution in [0, 0.1) is 0 Å². The van der Waals surface area contributed by atoms with Crippen LogP contribution in [0.5, 0.6) is 0 Å². The van der Waals surface area contributed by atoms with Crippen molar-refractivity contribution in [3.63, 3.8) is 0 Å². The highest BCUT2D eigenvalue weighted by Crippen LogP contribution is 2.27. The molecule has 2 aromatic rings.